The molecule has 2 aliphatic rings. The zero-order chi connectivity index (χ0) is 44.4. The molecule has 2 aromatic heterocycles. The topological polar surface area (TPSA) is 8.17 Å². The van der Waals surface area contributed by atoms with Gasteiger partial charge in [0, 0.05) is 48.7 Å². The second-order valence-corrected chi connectivity index (χ2v) is 19.8. The molecule has 0 saturated carbocycles. The lowest BCUT2D eigenvalue weighted by Crippen LogP contribution is -2.40. The molecule has 1 spiro atoms. The molecular weight excluding hydrogens is 829 g/mol. The Labute approximate surface area is 394 Å². The molecule has 316 valence electrons. The van der Waals surface area contributed by atoms with Crippen molar-refractivity contribution < 1.29 is 0 Å². The molecule has 10 aromatic carbocycles. The van der Waals surface area contributed by atoms with Gasteiger partial charge in [-0.05, 0) is 122 Å². The maximum Gasteiger partial charge on any atom is 0.0719 e. The molecule has 12 aromatic rings. The van der Waals surface area contributed by atoms with Crippen LogP contribution in [0.25, 0.3) is 69.9 Å². The van der Waals surface area contributed by atoms with Crippen LogP contribution in [0, 0.1) is 0 Å². The number of anilines is 3. The number of hydrogen-bond donors (Lipinski definition) is 0. The number of aromatic nitrogens is 1. The van der Waals surface area contributed by atoms with Crippen molar-refractivity contribution in [2.45, 2.75) is 24.7 Å². The molecule has 14 rings (SSSR count). The van der Waals surface area contributed by atoms with Gasteiger partial charge in [-0.3, -0.25) is 0 Å². The molecule has 0 aliphatic heterocycles. The number of nitrogens with zero attached hydrogens (tertiary/aromatic N) is 2. The van der Waals surface area contributed by atoms with E-state index in [1.54, 1.807) is 0 Å². The lowest BCUT2D eigenvalue weighted by atomic mass is 9.55. The second-order valence-electron chi connectivity index (χ2n) is 18.8. The van der Waals surface area contributed by atoms with Crippen molar-refractivity contribution in [3.8, 4) is 27.9 Å². The third-order valence-corrected chi connectivity index (χ3v) is 16.3. The van der Waals surface area contributed by atoms with Gasteiger partial charge in [0.05, 0.1) is 26.8 Å². The first-order valence-corrected chi connectivity index (χ1v) is 24.2. The normalized spacial score (nSPS) is 14.1. The molecule has 2 heterocycles. The van der Waals surface area contributed by atoms with Crippen molar-refractivity contribution in [3.63, 3.8) is 0 Å². The highest BCUT2D eigenvalue weighted by atomic mass is 32.1. The minimum Gasteiger partial charge on any atom is -0.309 e. The Bertz CT molecular complexity index is 3870. The molecule has 0 unspecified atom stereocenters. The zero-order valence-corrected chi connectivity index (χ0v) is 38.1. The summed E-state index contributed by atoms with van der Waals surface area (Å²) in [5.41, 5.74) is 19.6. The van der Waals surface area contributed by atoms with E-state index in [-0.39, 0.29) is 5.41 Å². The first kappa shape index (κ1) is 38.3. The summed E-state index contributed by atoms with van der Waals surface area (Å²) in [6.45, 7) is 4.79. The van der Waals surface area contributed by atoms with Crippen molar-refractivity contribution in [2.24, 2.45) is 0 Å². The van der Waals surface area contributed by atoms with Crippen molar-refractivity contribution in [1.82, 2.24) is 4.57 Å². The smallest absolute Gasteiger partial charge is 0.0719 e. The summed E-state index contributed by atoms with van der Waals surface area (Å²) >= 11 is 1.87. The van der Waals surface area contributed by atoms with Crippen molar-refractivity contribution in [2.75, 3.05) is 4.90 Å². The third-order valence-electron chi connectivity index (χ3n) is 15.1. The van der Waals surface area contributed by atoms with Crippen molar-refractivity contribution in [3.05, 3.63) is 264 Å². The van der Waals surface area contributed by atoms with E-state index in [0.29, 0.717) is 0 Å². The van der Waals surface area contributed by atoms with E-state index in [1.165, 1.54) is 103 Å². The van der Waals surface area contributed by atoms with Gasteiger partial charge in [-0.2, -0.15) is 0 Å². The van der Waals surface area contributed by atoms with E-state index in [0.717, 1.165) is 17.1 Å². The highest BCUT2D eigenvalue weighted by molar-refractivity contribution is 7.26. The van der Waals surface area contributed by atoms with Gasteiger partial charge < -0.3 is 9.47 Å². The molecule has 0 amide bonds. The minimum absolute atomic E-state index is 0.148. The van der Waals surface area contributed by atoms with Gasteiger partial charge in [0.15, 0.2) is 0 Å². The summed E-state index contributed by atoms with van der Waals surface area (Å²) in [6.07, 6.45) is 0. The SMILES string of the molecule is CC1(C)c2ccccc2C2(c3ccccc3-c3ccc(-c4cccc(N(c5ccc(-n6c7ccccc7c7ccccc76)cc5)c5cccc6c5sc5ccccc56)c4)cc32)c2ccccc21. The standard InChI is InChI=1S/C64H44N2S/c1-63(2)53-25-8-10-27-55(53)64(56-28-11-9-26-54(56)63)52-24-7-3-19-46(52)47-38-33-42(40-57(47)64)41-17-15-18-45(39-41)65(60-31-16-23-51-50-22-6-14-32-61(50)67-62(51)60)43-34-36-44(37-35-43)66-58-29-12-4-20-48(58)49-21-5-13-30-59(49)66/h3-40H,1-2H3. The first-order valence-electron chi connectivity index (χ1n) is 23.3. The quantitative estimate of drug-likeness (QED) is 0.167. The molecule has 0 atom stereocenters. The monoisotopic (exact) mass is 872 g/mol. The molecule has 67 heavy (non-hydrogen) atoms. The molecule has 0 saturated heterocycles. The summed E-state index contributed by atoms with van der Waals surface area (Å²) in [6, 6.07) is 86.2. The van der Waals surface area contributed by atoms with Gasteiger partial charge in [-0.15, -0.1) is 11.3 Å². The summed E-state index contributed by atoms with van der Waals surface area (Å²) in [5.74, 6) is 0. The molecule has 0 radical (unpaired) electrons. The van der Waals surface area contributed by atoms with Crippen molar-refractivity contribution in [1.29, 1.82) is 0 Å². The van der Waals surface area contributed by atoms with Crippen LogP contribution in [-0.2, 0) is 10.8 Å². The number of thiophene rings is 1. The molecule has 3 heteroatoms. The van der Waals surface area contributed by atoms with Crippen LogP contribution in [0.5, 0.6) is 0 Å². The lowest BCUT2D eigenvalue weighted by molar-refractivity contribution is 0.563. The molecule has 0 N–H and O–H groups in total. The van der Waals surface area contributed by atoms with Crippen LogP contribution in [0.1, 0.15) is 47.2 Å². The number of para-hydroxylation sites is 2. The number of hydrogen-bond acceptors (Lipinski definition) is 2. The summed E-state index contributed by atoms with van der Waals surface area (Å²) in [7, 11) is 0. The summed E-state index contributed by atoms with van der Waals surface area (Å²) in [5, 5.41) is 5.10. The summed E-state index contributed by atoms with van der Waals surface area (Å²) < 4.78 is 4.97. The Hall–Kier alpha value is -7.98. The Morgan fingerprint density at radius 1 is 0.388 bits per heavy atom. The van der Waals surface area contributed by atoms with E-state index >= 15 is 0 Å². The lowest BCUT2D eigenvalue weighted by Gasteiger charge is -2.46. The Balaban J connectivity index is 0.961. The fourth-order valence-corrected chi connectivity index (χ4v) is 13.4. The number of rotatable bonds is 5. The third kappa shape index (κ3) is 5.32. The molecule has 0 bridgehead atoms. The molecule has 2 aliphatic carbocycles. The largest absolute Gasteiger partial charge is 0.309 e. The van der Waals surface area contributed by atoms with E-state index in [1.807, 2.05) is 11.3 Å². The number of fused-ring (bicyclic) bond motifs is 15. The predicted octanol–water partition coefficient (Wildman–Crippen LogP) is 17.3. The van der Waals surface area contributed by atoms with Gasteiger partial charge in [0.2, 0.25) is 0 Å². The Kier molecular flexibility index (Phi) is 8.15. The van der Waals surface area contributed by atoms with E-state index in [9.17, 15) is 0 Å². The van der Waals surface area contributed by atoms with Crippen LogP contribution >= 0.6 is 11.3 Å². The van der Waals surface area contributed by atoms with Crippen LogP contribution in [-0.4, -0.2) is 4.57 Å². The highest BCUT2D eigenvalue weighted by Crippen LogP contribution is 2.62. The van der Waals surface area contributed by atoms with Gasteiger partial charge in [-0.25, -0.2) is 0 Å². The molecule has 2 nitrogen and oxygen atoms in total. The van der Waals surface area contributed by atoms with Gasteiger partial charge in [0.1, 0.15) is 0 Å². The van der Waals surface area contributed by atoms with Crippen molar-refractivity contribution >= 4 is 70.4 Å². The van der Waals surface area contributed by atoms with E-state index < -0.39 is 5.41 Å². The van der Waals surface area contributed by atoms with Gasteiger partial charge in [-0.1, -0.05) is 178 Å². The Morgan fingerprint density at radius 2 is 0.940 bits per heavy atom. The van der Waals surface area contributed by atoms with Crippen LogP contribution < -0.4 is 4.90 Å². The van der Waals surface area contributed by atoms with Gasteiger partial charge >= 0.3 is 0 Å². The zero-order valence-electron chi connectivity index (χ0n) is 37.2. The average molecular weight is 873 g/mol. The summed E-state index contributed by atoms with van der Waals surface area (Å²) in [4.78, 5) is 2.47. The molecular formula is C64H44N2S. The maximum atomic E-state index is 2.51. The first-order chi connectivity index (χ1) is 33.0. The van der Waals surface area contributed by atoms with Crippen LogP contribution in [0.3, 0.4) is 0 Å². The van der Waals surface area contributed by atoms with Crippen LogP contribution in [0.2, 0.25) is 0 Å². The van der Waals surface area contributed by atoms with Crippen LogP contribution in [0.4, 0.5) is 17.1 Å². The highest BCUT2D eigenvalue weighted by Gasteiger charge is 2.53. The number of benzene rings is 10. The van der Waals surface area contributed by atoms with E-state index in [2.05, 4.69) is 254 Å². The molecule has 0 fully saturated rings. The Morgan fingerprint density at radius 3 is 1.66 bits per heavy atom. The van der Waals surface area contributed by atoms with Crippen LogP contribution in [0.15, 0.2) is 231 Å². The van der Waals surface area contributed by atoms with E-state index in [4.69, 9.17) is 0 Å². The maximum absolute atomic E-state index is 2.51. The predicted molar refractivity (Wildman–Crippen MR) is 283 cm³/mol. The van der Waals surface area contributed by atoms with Gasteiger partial charge in [0.25, 0.3) is 0 Å². The fraction of sp³-hybridized carbons (Fsp3) is 0.0625. The minimum atomic E-state index is -0.455. The fourth-order valence-electron chi connectivity index (χ4n) is 12.2. The average Bonchev–Trinajstić information content (AvgIpc) is 4.03. The second kappa shape index (κ2) is 14.3.